The Labute approximate surface area is 188 Å². The van der Waals surface area contributed by atoms with Crippen LogP contribution in [0.25, 0.3) is 10.9 Å². The molecule has 27 heavy (non-hydrogen) atoms. The smallest absolute Gasteiger partial charge is 0.269 e. The third-order valence-corrected chi connectivity index (χ3v) is 4.82. The van der Waals surface area contributed by atoms with Gasteiger partial charge in [0.05, 0.1) is 5.52 Å². The molecular formula is C20H30Cl2IN3O. The lowest BCUT2D eigenvalue weighted by molar-refractivity contribution is 0.0948. The summed E-state index contributed by atoms with van der Waals surface area (Å²) in [5.41, 5.74) is 1.36. The molecule has 1 aromatic carbocycles. The number of pyridine rings is 1. The number of hydrogen-bond donors (Lipinski definition) is 1. The number of aromatic nitrogens is 1. The fraction of sp³-hybridized carbons (Fsp3) is 0.500. The van der Waals surface area contributed by atoms with E-state index in [4.69, 9.17) is 0 Å². The molecule has 0 atom stereocenters. The average molecular weight is 526 g/mol. The Hall–Kier alpha value is -0.630. The highest BCUT2D eigenvalue weighted by atomic mass is 127. The van der Waals surface area contributed by atoms with Crippen LogP contribution in [0.3, 0.4) is 0 Å². The van der Waals surface area contributed by atoms with Crippen molar-refractivity contribution in [1.82, 2.24) is 15.2 Å². The molecule has 152 valence electrons. The molecular weight excluding hydrogens is 496 g/mol. The lowest BCUT2D eigenvalue weighted by atomic mass is 10.2. The Morgan fingerprint density at radius 3 is 2.41 bits per heavy atom. The van der Waals surface area contributed by atoms with Gasteiger partial charge in [0.1, 0.15) is 5.69 Å². The van der Waals surface area contributed by atoms with Crippen molar-refractivity contribution >= 4 is 64.2 Å². The monoisotopic (exact) mass is 525 g/mol. The second kappa shape index (κ2) is 14.4. The van der Waals surface area contributed by atoms with Crippen molar-refractivity contribution in [3.63, 3.8) is 0 Å². The summed E-state index contributed by atoms with van der Waals surface area (Å²) in [5.74, 6) is -0.0839. The molecule has 0 unspecified atom stereocenters. The molecule has 0 saturated carbocycles. The molecule has 1 N–H and O–H groups in total. The maximum atomic E-state index is 12.3. The first-order valence-electron chi connectivity index (χ1n) is 9.21. The number of rotatable bonds is 10. The number of nitrogens with one attached hydrogen (secondary N) is 1. The second-order valence-electron chi connectivity index (χ2n) is 6.34. The number of fused-ring (bicyclic) bond motifs is 1. The third kappa shape index (κ3) is 8.94. The fourth-order valence-corrected chi connectivity index (χ4v) is 3.46. The molecule has 0 fully saturated rings. The second-order valence-corrected chi connectivity index (χ2v) is 7.58. The normalized spacial score (nSPS) is 10.4. The van der Waals surface area contributed by atoms with Gasteiger partial charge in [-0.05, 0) is 92.2 Å². The van der Waals surface area contributed by atoms with Gasteiger partial charge in [0, 0.05) is 15.5 Å². The van der Waals surface area contributed by atoms with Crippen LogP contribution in [0.2, 0.25) is 0 Å². The molecule has 2 aromatic rings. The van der Waals surface area contributed by atoms with E-state index in [0.29, 0.717) is 12.2 Å². The molecule has 0 spiro atoms. The van der Waals surface area contributed by atoms with E-state index in [0.717, 1.165) is 30.3 Å². The minimum absolute atomic E-state index is 0. The van der Waals surface area contributed by atoms with Gasteiger partial charge in [-0.15, -0.1) is 24.8 Å². The van der Waals surface area contributed by atoms with Gasteiger partial charge in [0.2, 0.25) is 0 Å². The van der Waals surface area contributed by atoms with Crippen LogP contribution in [-0.2, 0) is 0 Å². The number of carbonyl (C=O) groups is 1. The van der Waals surface area contributed by atoms with Crippen LogP contribution in [0.1, 0.15) is 50.0 Å². The highest BCUT2D eigenvalue weighted by Crippen LogP contribution is 2.16. The number of nitrogens with zero attached hydrogens (tertiary/aromatic N) is 2. The summed E-state index contributed by atoms with van der Waals surface area (Å²) in [6.45, 7) is 8.60. The quantitative estimate of drug-likeness (QED) is 0.337. The molecule has 0 aliphatic rings. The fourth-order valence-electron chi connectivity index (χ4n) is 2.94. The van der Waals surface area contributed by atoms with Crippen LogP contribution < -0.4 is 5.32 Å². The zero-order valence-electron chi connectivity index (χ0n) is 16.0. The zero-order chi connectivity index (χ0) is 18.1. The standard InChI is InChI=1S/C20H28IN3O.2ClH/c1-3-12-24(13-4-2)14-6-5-11-22-20(25)19-9-7-16-15-17(21)8-10-18(16)23-19;;/h7-10,15H,3-6,11-14H2,1-2H3,(H,22,25);2*1H. The number of carbonyl (C=O) groups excluding carboxylic acids is 1. The van der Waals surface area contributed by atoms with Crippen molar-refractivity contribution in [1.29, 1.82) is 0 Å². The Kier molecular flexibility index (Phi) is 14.0. The van der Waals surface area contributed by atoms with Crippen LogP contribution in [0.4, 0.5) is 0 Å². The number of hydrogen-bond acceptors (Lipinski definition) is 3. The lowest BCUT2D eigenvalue weighted by Crippen LogP contribution is -2.28. The van der Waals surface area contributed by atoms with Gasteiger partial charge >= 0.3 is 0 Å². The van der Waals surface area contributed by atoms with Crippen molar-refractivity contribution in [2.45, 2.75) is 39.5 Å². The van der Waals surface area contributed by atoms with Crippen molar-refractivity contribution in [3.05, 3.63) is 39.6 Å². The summed E-state index contributed by atoms with van der Waals surface area (Å²) >= 11 is 2.28. The Morgan fingerprint density at radius 1 is 1.04 bits per heavy atom. The molecule has 0 aliphatic carbocycles. The number of unbranched alkanes of at least 4 members (excludes halogenated alkanes) is 1. The SMILES string of the molecule is CCCN(CCC)CCCCNC(=O)c1ccc2cc(I)ccc2n1.Cl.Cl. The Balaban J connectivity index is 0.00000338. The maximum absolute atomic E-state index is 12.3. The molecule has 4 nitrogen and oxygen atoms in total. The lowest BCUT2D eigenvalue weighted by Gasteiger charge is -2.20. The highest BCUT2D eigenvalue weighted by Gasteiger charge is 2.08. The molecule has 0 radical (unpaired) electrons. The molecule has 1 aromatic heterocycles. The summed E-state index contributed by atoms with van der Waals surface area (Å²) in [6, 6.07) is 9.81. The van der Waals surface area contributed by atoms with Crippen LogP contribution in [0.5, 0.6) is 0 Å². The maximum Gasteiger partial charge on any atom is 0.269 e. The molecule has 7 heteroatoms. The van der Waals surface area contributed by atoms with Gasteiger partial charge in [-0.25, -0.2) is 4.98 Å². The highest BCUT2D eigenvalue weighted by molar-refractivity contribution is 14.1. The van der Waals surface area contributed by atoms with Crippen LogP contribution in [0.15, 0.2) is 30.3 Å². The topological polar surface area (TPSA) is 45.2 Å². The molecule has 1 amide bonds. The van der Waals surface area contributed by atoms with E-state index < -0.39 is 0 Å². The number of benzene rings is 1. The molecule has 0 saturated heterocycles. The molecule has 0 aliphatic heterocycles. The predicted molar refractivity (Wildman–Crippen MR) is 128 cm³/mol. The van der Waals surface area contributed by atoms with E-state index in [1.807, 2.05) is 18.2 Å². The van der Waals surface area contributed by atoms with Crippen molar-refractivity contribution < 1.29 is 4.79 Å². The predicted octanol–water partition coefficient (Wildman–Crippen LogP) is 5.32. The summed E-state index contributed by atoms with van der Waals surface area (Å²) < 4.78 is 1.17. The van der Waals surface area contributed by atoms with Crippen LogP contribution in [0, 0.1) is 3.57 Å². The minimum Gasteiger partial charge on any atom is -0.351 e. The van der Waals surface area contributed by atoms with E-state index in [2.05, 4.69) is 57.7 Å². The summed E-state index contributed by atoms with van der Waals surface area (Å²) in [5, 5.41) is 4.06. The van der Waals surface area contributed by atoms with E-state index in [9.17, 15) is 4.79 Å². The Morgan fingerprint density at radius 2 is 1.74 bits per heavy atom. The van der Waals surface area contributed by atoms with Crippen molar-refractivity contribution in [2.24, 2.45) is 0 Å². The van der Waals surface area contributed by atoms with E-state index >= 15 is 0 Å². The van der Waals surface area contributed by atoms with Gasteiger partial charge in [-0.1, -0.05) is 19.9 Å². The van der Waals surface area contributed by atoms with Gasteiger partial charge < -0.3 is 10.2 Å². The Bertz CT molecular complexity index is 694. The molecule has 1 heterocycles. The summed E-state index contributed by atoms with van der Waals surface area (Å²) in [6.07, 6.45) is 4.51. The largest absolute Gasteiger partial charge is 0.351 e. The van der Waals surface area contributed by atoms with Crippen molar-refractivity contribution in [2.75, 3.05) is 26.2 Å². The number of amides is 1. The molecule has 2 rings (SSSR count). The molecule has 0 bridgehead atoms. The van der Waals surface area contributed by atoms with E-state index in [1.165, 1.54) is 29.5 Å². The van der Waals surface area contributed by atoms with Gasteiger partial charge in [0.25, 0.3) is 5.91 Å². The van der Waals surface area contributed by atoms with Crippen LogP contribution >= 0.6 is 47.4 Å². The van der Waals surface area contributed by atoms with Gasteiger partial charge in [0.15, 0.2) is 0 Å². The first-order chi connectivity index (χ1) is 12.1. The van der Waals surface area contributed by atoms with Crippen molar-refractivity contribution in [3.8, 4) is 0 Å². The van der Waals surface area contributed by atoms with Crippen LogP contribution in [-0.4, -0.2) is 42.0 Å². The van der Waals surface area contributed by atoms with E-state index in [-0.39, 0.29) is 30.7 Å². The minimum atomic E-state index is -0.0839. The zero-order valence-corrected chi connectivity index (χ0v) is 19.8. The average Bonchev–Trinajstić information content (AvgIpc) is 2.61. The van der Waals surface area contributed by atoms with E-state index in [1.54, 1.807) is 6.07 Å². The first kappa shape index (κ1) is 26.4. The first-order valence-corrected chi connectivity index (χ1v) is 10.3. The third-order valence-electron chi connectivity index (χ3n) is 4.15. The summed E-state index contributed by atoms with van der Waals surface area (Å²) in [7, 11) is 0. The van der Waals surface area contributed by atoms with Gasteiger partial charge in [-0.3, -0.25) is 4.79 Å². The van der Waals surface area contributed by atoms with Gasteiger partial charge in [-0.2, -0.15) is 0 Å². The number of halogens is 3. The summed E-state index contributed by atoms with van der Waals surface area (Å²) in [4.78, 5) is 19.2.